The van der Waals surface area contributed by atoms with Gasteiger partial charge in [-0.3, -0.25) is 4.68 Å². The van der Waals surface area contributed by atoms with Crippen molar-refractivity contribution in [1.82, 2.24) is 24.7 Å². The van der Waals surface area contributed by atoms with Crippen LogP contribution < -0.4 is 10.0 Å². The number of sulfonamides is 1. The number of urea groups is 1. The molecular weight excluding hydrogens is 452 g/mol. The molecule has 4 heterocycles. The van der Waals surface area contributed by atoms with Crippen LogP contribution in [0.15, 0.2) is 22.7 Å². The Labute approximate surface area is 191 Å². The molecule has 12 heteroatoms. The summed E-state index contributed by atoms with van der Waals surface area (Å²) < 4.78 is 32.2. The molecule has 1 saturated heterocycles. The highest BCUT2D eigenvalue weighted by molar-refractivity contribution is 8.27. The lowest BCUT2D eigenvalue weighted by molar-refractivity contribution is -0.483. The third-order valence-electron chi connectivity index (χ3n) is 6.40. The maximum atomic E-state index is 13.5. The van der Waals surface area contributed by atoms with Crippen LogP contribution in [-0.4, -0.2) is 69.3 Å². The summed E-state index contributed by atoms with van der Waals surface area (Å²) >= 11 is 1.04. The molecule has 1 aromatic rings. The molecule has 10 nitrogen and oxygen atoms in total. The van der Waals surface area contributed by atoms with Crippen molar-refractivity contribution in [2.75, 3.05) is 13.1 Å². The molecule has 1 aliphatic carbocycles. The minimum atomic E-state index is -3.76. The Balaban J connectivity index is 1.52. The Morgan fingerprint density at radius 2 is 2.03 bits per heavy atom. The van der Waals surface area contributed by atoms with Crippen LogP contribution in [-0.2, 0) is 28.4 Å². The summed E-state index contributed by atoms with van der Waals surface area (Å²) in [6.45, 7) is 3.52. The number of hydrogen-bond donors (Lipinski definition) is 2. The van der Waals surface area contributed by atoms with E-state index in [1.54, 1.807) is 28.7 Å². The van der Waals surface area contributed by atoms with Crippen molar-refractivity contribution in [3.05, 3.63) is 28.3 Å². The van der Waals surface area contributed by atoms with Crippen molar-refractivity contribution >= 4 is 38.8 Å². The number of thioether (sulfide) groups is 1. The Bertz CT molecular complexity index is 1140. The fraction of sp³-hybridized carbons (Fsp3) is 0.600. The molecule has 0 radical (unpaired) electrons. The summed E-state index contributed by atoms with van der Waals surface area (Å²) in [6, 6.07) is -0.471. The van der Waals surface area contributed by atoms with E-state index in [9.17, 15) is 18.0 Å². The van der Waals surface area contributed by atoms with Crippen LogP contribution in [0.5, 0.6) is 0 Å². The number of hydrogen-bond acceptors (Lipinski definition) is 7. The van der Waals surface area contributed by atoms with E-state index in [1.807, 2.05) is 6.92 Å². The summed E-state index contributed by atoms with van der Waals surface area (Å²) in [6.07, 6.45) is 7.98. The minimum Gasteiger partial charge on any atom is -0.316 e. The Kier molecular flexibility index (Phi) is 5.31. The number of carbonyl (C=O) groups excluding carboxylic acids is 2. The lowest BCUT2D eigenvalue weighted by Gasteiger charge is -2.30. The largest absolute Gasteiger partial charge is 0.501 e. The summed E-state index contributed by atoms with van der Waals surface area (Å²) in [4.78, 5) is 28.1. The van der Waals surface area contributed by atoms with Gasteiger partial charge in [-0.1, -0.05) is 0 Å². The maximum Gasteiger partial charge on any atom is 0.501 e. The van der Waals surface area contributed by atoms with Gasteiger partial charge in [0.2, 0.25) is 10.0 Å². The fourth-order valence-electron chi connectivity index (χ4n) is 4.36. The molecule has 172 valence electrons. The number of imide groups is 1. The second-order valence-corrected chi connectivity index (χ2v) is 12.1. The predicted octanol–water partition coefficient (Wildman–Crippen LogP) is 0.722. The van der Waals surface area contributed by atoms with Crippen molar-refractivity contribution in [3.63, 3.8) is 0 Å². The van der Waals surface area contributed by atoms with E-state index in [2.05, 4.69) is 15.1 Å². The molecule has 0 spiro atoms. The minimum absolute atomic E-state index is 0.0809. The summed E-state index contributed by atoms with van der Waals surface area (Å²) in [7, 11) is -1.99. The van der Waals surface area contributed by atoms with Crippen LogP contribution in [0.2, 0.25) is 0 Å². The average molecular weight is 480 g/mol. The number of nitrogens with zero attached hydrogens (tertiary/aromatic N) is 4. The van der Waals surface area contributed by atoms with Gasteiger partial charge in [0.15, 0.2) is 5.04 Å². The molecule has 0 bridgehead atoms. The maximum absolute atomic E-state index is 13.5. The zero-order valence-corrected chi connectivity index (χ0v) is 19.7. The fourth-order valence-corrected chi connectivity index (χ4v) is 7.48. The number of aryl methyl sites for hydroxylation is 1. The number of piperidine rings is 1. The van der Waals surface area contributed by atoms with Gasteiger partial charge in [0.05, 0.1) is 6.20 Å². The second-order valence-electron chi connectivity index (χ2n) is 9.15. The smallest absolute Gasteiger partial charge is 0.316 e. The van der Waals surface area contributed by atoms with E-state index < -0.39 is 33.4 Å². The highest BCUT2D eigenvalue weighted by Gasteiger charge is 2.54. The van der Waals surface area contributed by atoms with Crippen LogP contribution in [0, 0.1) is 5.92 Å². The number of rotatable bonds is 6. The van der Waals surface area contributed by atoms with Crippen LogP contribution >= 0.6 is 11.8 Å². The van der Waals surface area contributed by atoms with Crippen LogP contribution in [0.3, 0.4) is 0 Å². The Morgan fingerprint density at radius 3 is 2.66 bits per heavy atom. The summed E-state index contributed by atoms with van der Waals surface area (Å²) in [5.74, 6) is -1.17. The van der Waals surface area contributed by atoms with E-state index in [1.165, 1.54) is 11.0 Å². The number of carbonyl (C=O) groups is 2. The molecule has 0 aromatic carbocycles. The summed E-state index contributed by atoms with van der Waals surface area (Å²) in [5, 5.41) is 7.93. The molecule has 2 N–H and O–H groups in total. The van der Waals surface area contributed by atoms with Gasteiger partial charge in [-0.15, -0.1) is 0 Å². The van der Waals surface area contributed by atoms with Crippen molar-refractivity contribution < 1.29 is 22.6 Å². The first kappa shape index (κ1) is 21.8. The van der Waals surface area contributed by atoms with Gasteiger partial charge >= 0.3 is 11.9 Å². The van der Waals surface area contributed by atoms with Gasteiger partial charge in [-0.25, -0.2) is 17.9 Å². The molecule has 1 unspecified atom stereocenters. The number of amides is 3. The zero-order valence-electron chi connectivity index (χ0n) is 18.1. The second kappa shape index (κ2) is 7.79. The molecule has 2 fully saturated rings. The number of aromatic nitrogens is 2. The SMILES string of the molecule is Cn1cc(CN2C(=O)C3C=C(S(=O)(=O)NC4(C)CC4)SC3=[N+](C3CCNCC3)C2=O)cn1. The van der Waals surface area contributed by atoms with E-state index in [4.69, 9.17) is 0 Å². The third kappa shape index (κ3) is 3.93. The van der Waals surface area contributed by atoms with Crippen molar-refractivity contribution in [2.24, 2.45) is 13.0 Å². The number of fused-ring (bicyclic) bond motifs is 1. The van der Waals surface area contributed by atoms with Gasteiger partial charge < -0.3 is 5.32 Å². The average Bonchev–Trinajstić information content (AvgIpc) is 3.13. The lowest BCUT2D eigenvalue weighted by Crippen LogP contribution is -2.56. The monoisotopic (exact) mass is 479 g/mol. The molecule has 1 atom stereocenters. The van der Waals surface area contributed by atoms with E-state index in [-0.39, 0.29) is 16.8 Å². The first-order chi connectivity index (χ1) is 15.2. The van der Waals surface area contributed by atoms with Crippen LogP contribution in [0.1, 0.15) is 38.2 Å². The van der Waals surface area contributed by atoms with Gasteiger partial charge in [-0.05, 0) is 50.7 Å². The summed E-state index contributed by atoms with van der Waals surface area (Å²) in [5.41, 5.74) is 0.327. The van der Waals surface area contributed by atoms with Crippen LogP contribution in [0.25, 0.3) is 0 Å². The van der Waals surface area contributed by atoms with Crippen molar-refractivity contribution in [3.8, 4) is 0 Å². The topological polar surface area (TPSA) is 116 Å². The predicted molar refractivity (Wildman–Crippen MR) is 119 cm³/mol. The first-order valence-electron chi connectivity index (χ1n) is 10.8. The highest BCUT2D eigenvalue weighted by atomic mass is 32.3. The molecule has 4 aliphatic rings. The highest BCUT2D eigenvalue weighted by Crippen LogP contribution is 2.42. The zero-order chi connectivity index (χ0) is 22.7. The molecular formula is C20H27N6O4S2+. The van der Waals surface area contributed by atoms with E-state index >= 15 is 0 Å². The first-order valence-corrected chi connectivity index (χ1v) is 13.1. The normalized spacial score (nSPS) is 25.9. The molecule has 5 rings (SSSR count). The number of nitrogens with one attached hydrogen (secondary N) is 2. The van der Waals surface area contributed by atoms with Crippen molar-refractivity contribution in [1.29, 1.82) is 0 Å². The third-order valence-corrected chi connectivity index (χ3v) is 9.73. The van der Waals surface area contributed by atoms with Crippen molar-refractivity contribution in [2.45, 2.75) is 50.7 Å². The van der Waals surface area contributed by atoms with Gasteiger partial charge in [0.25, 0.3) is 0 Å². The molecule has 32 heavy (non-hydrogen) atoms. The Hall–Kier alpha value is -2.02. The van der Waals surface area contributed by atoms with Gasteiger partial charge in [0, 0.05) is 37.2 Å². The molecule has 1 aromatic heterocycles. The standard InChI is InChI=1S/C20H27N6O4S2/c1-20(5-6-20)23-32(29,30)16-9-15-17(27)25(12-13-10-22-24(2)11-13)19(28)26(18(15)31-16)14-3-7-21-8-4-14/h9-11,14-15,21,23H,3-8,12H2,1-2H3/q+1. The van der Waals surface area contributed by atoms with E-state index in [0.717, 1.165) is 56.1 Å². The lowest BCUT2D eigenvalue weighted by atomic mass is 10.0. The quantitative estimate of drug-likeness (QED) is 0.578. The Morgan fingerprint density at radius 1 is 1.31 bits per heavy atom. The molecule has 3 amide bonds. The van der Waals surface area contributed by atoms with Crippen LogP contribution in [0.4, 0.5) is 4.79 Å². The van der Waals surface area contributed by atoms with E-state index in [0.29, 0.717) is 5.04 Å². The molecule has 3 aliphatic heterocycles. The van der Waals surface area contributed by atoms with Gasteiger partial charge in [0.1, 0.15) is 22.7 Å². The van der Waals surface area contributed by atoms with Gasteiger partial charge in [-0.2, -0.15) is 19.4 Å². The molecule has 1 saturated carbocycles.